The summed E-state index contributed by atoms with van der Waals surface area (Å²) < 4.78 is 56.5. The fraction of sp³-hybridized carbons (Fsp3) is 0.675. The minimum atomic E-state index is -0.850. The molecule has 0 spiro atoms. The van der Waals surface area contributed by atoms with Crippen molar-refractivity contribution in [3.63, 3.8) is 0 Å². The third kappa shape index (κ3) is 9.57. The average Bonchev–Trinajstić information content (AvgIpc) is 3.14. The molecule has 0 amide bonds. The number of aliphatic hydroxyl groups excluding tert-OH is 1. The Bertz CT molecular complexity index is 1330. The van der Waals surface area contributed by atoms with Gasteiger partial charge < -0.3 is 47.7 Å². The van der Waals surface area contributed by atoms with Crippen LogP contribution in [-0.2, 0) is 49.2 Å². The maximum absolute atomic E-state index is 12.7. The lowest BCUT2D eigenvalue weighted by Gasteiger charge is -2.50. The van der Waals surface area contributed by atoms with E-state index >= 15 is 0 Å². The Labute approximate surface area is 303 Å². The lowest BCUT2D eigenvalue weighted by atomic mass is 9.81. The Morgan fingerprint density at radius 2 is 1.25 bits per heavy atom. The van der Waals surface area contributed by atoms with Gasteiger partial charge in [-0.05, 0) is 42.4 Å². The lowest BCUT2D eigenvalue weighted by molar-refractivity contribution is -0.357. The van der Waals surface area contributed by atoms with E-state index in [-0.39, 0.29) is 61.1 Å². The highest BCUT2D eigenvalue weighted by atomic mass is 16.7. The molecule has 11 nitrogen and oxygen atoms in total. The minimum absolute atomic E-state index is 0.0395. The van der Waals surface area contributed by atoms with E-state index < -0.39 is 49.1 Å². The monoisotopic (exact) mass is 714 g/mol. The zero-order valence-corrected chi connectivity index (χ0v) is 31.3. The number of hydrogen-bond acceptors (Lipinski definition) is 11. The van der Waals surface area contributed by atoms with Gasteiger partial charge in [-0.15, -0.1) is 0 Å². The van der Waals surface area contributed by atoms with Crippen LogP contribution in [0.5, 0.6) is 0 Å². The van der Waals surface area contributed by atoms with Crippen molar-refractivity contribution in [3.8, 4) is 0 Å². The van der Waals surface area contributed by atoms with Crippen LogP contribution in [0.1, 0.15) is 57.5 Å². The maximum atomic E-state index is 12.7. The number of hydrogen-bond donors (Lipinski definition) is 1. The molecule has 6 unspecified atom stereocenters. The molecule has 2 aromatic carbocycles. The number of esters is 1. The van der Waals surface area contributed by atoms with E-state index in [0.717, 1.165) is 5.56 Å². The number of ether oxygens (including phenoxy) is 9. The van der Waals surface area contributed by atoms with Gasteiger partial charge in [-0.1, -0.05) is 83.1 Å². The highest BCUT2D eigenvalue weighted by Crippen LogP contribution is 2.40. The molecule has 0 bridgehead atoms. The second-order valence-corrected chi connectivity index (χ2v) is 14.6. The molecule has 5 rings (SSSR count). The van der Waals surface area contributed by atoms with Crippen molar-refractivity contribution < 1.29 is 52.5 Å². The van der Waals surface area contributed by atoms with Gasteiger partial charge in [-0.3, -0.25) is 0 Å². The van der Waals surface area contributed by atoms with E-state index in [1.54, 1.807) is 38.5 Å². The van der Waals surface area contributed by atoms with Crippen LogP contribution in [0, 0.1) is 29.6 Å². The zero-order valence-electron chi connectivity index (χ0n) is 31.3. The summed E-state index contributed by atoms with van der Waals surface area (Å²) in [5.41, 5.74) is 1.52. The molecule has 3 aliphatic heterocycles. The summed E-state index contributed by atoms with van der Waals surface area (Å²) in [4.78, 5) is 12.7. The summed E-state index contributed by atoms with van der Waals surface area (Å²) in [5.74, 6) is -0.655. The van der Waals surface area contributed by atoms with Crippen LogP contribution in [0.2, 0.25) is 0 Å². The Kier molecular flexibility index (Phi) is 14.5. The summed E-state index contributed by atoms with van der Waals surface area (Å²) in [6, 6.07) is 18.8. The first kappa shape index (κ1) is 39.8. The first-order valence-corrected chi connectivity index (χ1v) is 18.3. The molecule has 0 aliphatic carbocycles. The van der Waals surface area contributed by atoms with Gasteiger partial charge in [0.25, 0.3) is 0 Å². The van der Waals surface area contributed by atoms with E-state index in [0.29, 0.717) is 18.8 Å². The molecule has 1 N–H and O–H groups in total. The molecule has 2 aromatic rings. The quantitative estimate of drug-likeness (QED) is 0.258. The van der Waals surface area contributed by atoms with Gasteiger partial charge in [-0.2, -0.15) is 0 Å². The third-order valence-corrected chi connectivity index (χ3v) is 11.3. The highest BCUT2D eigenvalue weighted by molar-refractivity contribution is 5.89. The van der Waals surface area contributed by atoms with Crippen molar-refractivity contribution in [2.24, 2.45) is 29.6 Å². The summed E-state index contributed by atoms with van der Waals surface area (Å²) in [6.45, 7) is 13.4. The van der Waals surface area contributed by atoms with E-state index in [1.165, 1.54) is 0 Å². The molecular formula is C40H58O11. The van der Waals surface area contributed by atoms with Crippen LogP contribution in [0.25, 0.3) is 0 Å². The van der Waals surface area contributed by atoms with Crippen LogP contribution in [0.4, 0.5) is 0 Å². The predicted octanol–water partition coefficient (Wildman–Crippen LogP) is 5.27. The molecule has 11 heteroatoms. The summed E-state index contributed by atoms with van der Waals surface area (Å²) in [6.07, 6.45) is -5.15. The first-order valence-electron chi connectivity index (χ1n) is 18.3. The van der Waals surface area contributed by atoms with E-state index in [2.05, 4.69) is 27.7 Å². The fourth-order valence-electron chi connectivity index (χ4n) is 7.49. The first-order chi connectivity index (χ1) is 24.5. The van der Waals surface area contributed by atoms with Crippen LogP contribution in [0.3, 0.4) is 0 Å². The van der Waals surface area contributed by atoms with Crippen LogP contribution in [-0.4, -0.2) is 107 Å². The molecule has 15 atom stereocenters. The largest absolute Gasteiger partial charge is 0.459 e. The predicted molar refractivity (Wildman–Crippen MR) is 189 cm³/mol. The number of benzene rings is 2. The minimum Gasteiger partial charge on any atom is -0.459 e. The van der Waals surface area contributed by atoms with Crippen LogP contribution >= 0.6 is 0 Å². The van der Waals surface area contributed by atoms with Gasteiger partial charge in [0.05, 0.1) is 49.8 Å². The van der Waals surface area contributed by atoms with Crippen molar-refractivity contribution in [3.05, 3.63) is 71.8 Å². The molecule has 3 fully saturated rings. The van der Waals surface area contributed by atoms with E-state index in [9.17, 15) is 9.90 Å². The van der Waals surface area contributed by atoms with Crippen molar-refractivity contribution in [1.82, 2.24) is 0 Å². The van der Waals surface area contributed by atoms with Gasteiger partial charge in [0.1, 0.15) is 31.0 Å². The third-order valence-electron chi connectivity index (χ3n) is 11.3. The molecule has 3 heterocycles. The van der Waals surface area contributed by atoms with E-state index in [4.69, 9.17) is 42.6 Å². The fourth-order valence-corrected chi connectivity index (χ4v) is 7.49. The van der Waals surface area contributed by atoms with Crippen LogP contribution in [0.15, 0.2) is 60.7 Å². The number of carbonyl (C=O) groups excluding carboxylic acids is 1. The molecule has 3 saturated heterocycles. The molecule has 284 valence electrons. The molecule has 51 heavy (non-hydrogen) atoms. The number of methoxy groups -OCH3 is 2. The Hall–Kier alpha value is -2.45. The van der Waals surface area contributed by atoms with Crippen molar-refractivity contribution in [1.29, 1.82) is 0 Å². The van der Waals surface area contributed by atoms with E-state index in [1.807, 2.05) is 50.2 Å². The van der Waals surface area contributed by atoms with Gasteiger partial charge in [0, 0.05) is 26.1 Å². The number of carbonyl (C=O) groups is 1. The molecule has 0 radical (unpaired) electrons. The summed E-state index contributed by atoms with van der Waals surface area (Å²) in [5, 5.41) is 11.1. The molecule has 3 aliphatic rings. The van der Waals surface area contributed by atoms with Crippen molar-refractivity contribution in [2.45, 2.75) is 110 Å². The second-order valence-electron chi connectivity index (χ2n) is 14.6. The molecular weight excluding hydrogens is 656 g/mol. The smallest absolute Gasteiger partial charge is 0.338 e. The standard InChI is InChI=1S/C40H58O11/c1-23-25(3)35(33(47-28(23)6)21-45-19-29-15-11-9-12-16-29)51-40-37(44-8)27(5)36(32(49-40)20-43-7)50-39-26(4)24(2)34(41)31(48-39)22-46-38(42)30-17-13-10-14-18-30/h9-18,23-28,31-37,39-41H,19-22H2,1-8H3/t23?,24?,25-,26?,27?,28+,31-,32-,33?,34+,35-,36+,37?,39-,40-/m1/s1. The Morgan fingerprint density at radius 3 is 1.92 bits per heavy atom. The zero-order chi connectivity index (χ0) is 36.7. The van der Waals surface area contributed by atoms with Gasteiger partial charge in [0.15, 0.2) is 12.6 Å². The normalized spacial score (nSPS) is 38.6. The number of aliphatic hydroxyl groups is 1. The molecule has 0 saturated carbocycles. The summed E-state index contributed by atoms with van der Waals surface area (Å²) in [7, 11) is 3.27. The summed E-state index contributed by atoms with van der Waals surface area (Å²) >= 11 is 0. The van der Waals surface area contributed by atoms with Crippen molar-refractivity contribution >= 4 is 5.97 Å². The highest BCUT2D eigenvalue weighted by Gasteiger charge is 2.51. The average molecular weight is 715 g/mol. The Balaban J connectivity index is 1.27. The van der Waals surface area contributed by atoms with Gasteiger partial charge >= 0.3 is 5.97 Å². The van der Waals surface area contributed by atoms with Crippen LogP contribution < -0.4 is 0 Å². The molecule has 0 aromatic heterocycles. The Morgan fingerprint density at radius 1 is 0.647 bits per heavy atom. The lowest BCUT2D eigenvalue weighted by Crippen LogP contribution is -2.62. The van der Waals surface area contributed by atoms with Gasteiger partial charge in [0.2, 0.25) is 0 Å². The van der Waals surface area contributed by atoms with Crippen molar-refractivity contribution in [2.75, 3.05) is 34.0 Å². The SMILES string of the molecule is COC[C@H]1O[C@H](O[C@H]2C(COCc3ccccc3)O[C@@H](C)C(C)[C@H]2C)C(OC)C(C)[C@@H]1O[C@H]1O[C@H](COC(=O)c2ccccc2)[C@@H](O)C(C)C1C. The number of rotatable bonds is 14. The maximum Gasteiger partial charge on any atom is 0.338 e. The topological polar surface area (TPSA) is 120 Å². The van der Waals surface area contributed by atoms with Gasteiger partial charge in [-0.25, -0.2) is 4.79 Å². The second kappa shape index (κ2) is 18.5.